The SMILES string of the molecule is N#Cc1ccc(Oc2cc(Cl)cc(Cl)c2)c(S(=O)(=O)N2CCC(NC([O-])=NCCN3CCOCC3)CC2)c1. The number of nitrogens with one attached hydrogen (secondary N) is 1. The van der Waals surface area contributed by atoms with Crippen LogP contribution < -0.4 is 15.2 Å². The number of benzene rings is 2. The third kappa shape index (κ3) is 7.50. The minimum Gasteiger partial charge on any atom is -0.846 e. The third-order valence-electron chi connectivity index (χ3n) is 6.31. The van der Waals surface area contributed by atoms with Crippen LogP contribution in [0.25, 0.3) is 0 Å². The molecule has 2 aliphatic rings. The maximum Gasteiger partial charge on any atom is 0.246 e. The third-order valence-corrected chi connectivity index (χ3v) is 8.67. The quantitative estimate of drug-likeness (QED) is 0.372. The molecule has 0 bridgehead atoms. The maximum absolute atomic E-state index is 13.6. The van der Waals surface area contributed by atoms with E-state index in [1.165, 1.54) is 40.7 Å². The number of hydrogen-bond acceptors (Lipinski definition) is 8. The Morgan fingerprint density at radius 2 is 1.82 bits per heavy atom. The first kappa shape index (κ1) is 28.4. The number of halogens is 2. The Hall–Kier alpha value is -2.59. The summed E-state index contributed by atoms with van der Waals surface area (Å²) < 4.78 is 39.7. The van der Waals surface area contributed by atoms with Crippen LogP contribution in [0.5, 0.6) is 11.5 Å². The van der Waals surface area contributed by atoms with Crippen LogP contribution in [0, 0.1) is 11.3 Å². The molecular weight excluding hydrogens is 553 g/mol. The topological polar surface area (TPSA) is 130 Å². The Bertz CT molecular complexity index is 1280. The van der Waals surface area contributed by atoms with Crippen molar-refractivity contribution in [3.05, 3.63) is 52.0 Å². The number of hydrogen-bond donors (Lipinski definition) is 1. The normalized spacial score (nSPS) is 18.2. The van der Waals surface area contributed by atoms with Crippen LogP contribution in [-0.4, -0.2) is 82.2 Å². The van der Waals surface area contributed by atoms with Gasteiger partial charge in [-0.1, -0.05) is 23.2 Å². The number of ether oxygens (including phenoxy) is 2. The minimum atomic E-state index is -4.00. The molecule has 38 heavy (non-hydrogen) atoms. The Morgan fingerprint density at radius 1 is 1.13 bits per heavy atom. The van der Waals surface area contributed by atoms with Gasteiger partial charge >= 0.3 is 0 Å². The molecule has 2 aromatic rings. The molecule has 0 amide bonds. The molecule has 0 radical (unpaired) electrons. The lowest BCUT2D eigenvalue weighted by Crippen LogP contribution is -2.49. The molecule has 0 saturated carbocycles. The number of rotatable bonds is 8. The fourth-order valence-corrected chi connectivity index (χ4v) is 6.41. The minimum absolute atomic E-state index is 0.0526. The van der Waals surface area contributed by atoms with Crippen LogP contribution in [0.15, 0.2) is 46.3 Å². The van der Waals surface area contributed by atoms with Crippen molar-refractivity contribution < 1.29 is 23.0 Å². The number of amidine groups is 1. The van der Waals surface area contributed by atoms with E-state index in [9.17, 15) is 18.8 Å². The van der Waals surface area contributed by atoms with Gasteiger partial charge in [-0.2, -0.15) is 9.57 Å². The number of aliphatic imine (C=N–C) groups is 1. The van der Waals surface area contributed by atoms with Crippen molar-refractivity contribution in [1.82, 2.24) is 14.5 Å². The largest absolute Gasteiger partial charge is 0.846 e. The molecule has 2 aromatic carbocycles. The predicted octanol–water partition coefficient (Wildman–Crippen LogP) is 2.45. The molecule has 204 valence electrons. The van der Waals surface area contributed by atoms with Crippen molar-refractivity contribution in [2.45, 2.75) is 23.8 Å². The lowest BCUT2D eigenvalue weighted by molar-refractivity contribution is -0.223. The van der Waals surface area contributed by atoms with E-state index in [0.29, 0.717) is 49.2 Å². The average molecular weight is 582 g/mol. The zero-order valence-electron chi connectivity index (χ0n) is 20.6. The molecule has 0 aliphatic carbocycles. The Labute approximate surface area is 232 Å². The van der Waals surface area contributed by atoms with Crippen molar-refractivity contribution in [2.75, 3.05) is 52.5 Å². The molecule has 0 atom stereocenters. The molecule has 2 fully saturated rings. The highest BCUT2D eigenvalue weighted by Gasteiger charge is 2.32. The molecule has 2 aliphatic heterocycles. The number of piperidine rings is 1. The summed E-state index contributed by atoms with van der Waals surface area (Å²) in [4.78, 5) is 6.15. The van der Waals surface area contributed by atoms with Crippen LogP contribution in [0.1, 0.15) is 18.4 Å². The van der Waals surface area contributed by atoms with E-state index >= 15 is 0 Å². The molecular formula is C25H28Cl2N5O5S-. The monoisotopic (exact) mass is 580 g/mol. The van der Waals surface area contributed by atoms with E-state index in [-0.39, 0.29) is 41.1 Å². The summed E-state index contributed by atoms with van der Waals surface area (Å²) >= 11 is 12.1. The van der Waals surface area contributed by atoms with Gasteiger partial charge in [0.15, 0.2) is 0 Å². The fraction of sp³-hybridized carbons (Fsp3) is 0.440. The highest BCUT2D eigenvalue weighted by molar-refractivity contribution is 7.89. The fourth-order valence-electron chi connectivity index (χ4n) is 4.30. The lowest BCUT2D eigenvalue weighted by atomic mass is 10.1. The van der Waals surface area contributed by atoms with Crippen LogP contribution in [0.4, 0.5) is 0 Å². The second-order valence-electron chi connectivity index (χ2n) is 8.94. The van der Waals surface area contributed by atoms with Crippen LogP contribution in [-0.2, 0) is 14.8 Å². The average Bonchev–Trinajstić information content (AvgIpc) is 2.89. The second-order valence-corrected chi connectivity index (χ2v) is 11.7. The van der Waals surface area contributed by atoms with E-state index in [4.69, 9.17) is 32.7 Å². The Kier molecular flexibility index (Phi) is 9.70. The van der Waals surface area contributed by atoms with Gasteiger partial charge in [0.05, 0.1) is 31.4 Å². The van der Waals surface area contributed by atoms with Gasteiger partial charge in [-0.3, -0.25) is 9.89 Å². The highest BCUT2D eigenvalue weighted by atomic mass is 35.5. The van der Waals surface area contributed by atoms with Crippen LogP contribution in [0.3, 0.4) is 0 Å². The molecule has 4 rings (SSSR count). The van der Waals surface area contributed by atoms with Crippen molar-refractivity contribution in [3.63, 3.8) is 0 Å². The molecule has 1 N–H and O–H groups in total. The van der Waals surface area contributed by atoms with Crippen molar-refractivity contribution in [2.24, 2.45) is 4.99 Å². The zero-order valence-corrected chi connectivity index (χ0v) is 22.9. The molecule has 10 nitrogen and oxygen atoms in total. The van der Waals surface area contributed by atoms with Crippen LogP contribution in [0.2, 0.25) is 10.0 Å². The Morgan fingerprint density at radius 3 is 2.47 bits per heavy atom. The summed E-state index contributed by atoms with van der Waals surface area (Å²) in [5.41, 5.74) is 0.181. The van der Waals surface area contributed by atoms with Gasteiger partial charge in [0.2, 0.25) is 10.0 Å². The molecule has 0 spiro atoms. The number of sulfonamides is 1. The van der Waals surface area contributed by atoms with E-state index < -0.39 is 16.0 Å². The summed E-state index contributed by atoms with van der Waals surface area (Å²) in [6.07, 6.45) is 0.865. The zero-order chi connectivity index (χ0) is 27.1. The molecule has 2 heterocycles. The Balaban J connectivity index is 1.39. The van der Waals surface area contributed by atoms with E-state index in [0.717, 1.165) is 13.1 Å². The number of nitrogens with zero attached hydrogens (tertiary/aromatic N) is 4. The predicted molar refractivity (Wildman–Crippen MR) is 142 cm³/mol. The molecule has 0 aromatic heterocycles. The first-order valence-corrected chi connectivity index (χ1v) is 14.4. The van der Waals surface area contributed by atoms with Gasteiger partial charge in [0.1, 0.15) is 16.4 Å². The molecule has 2 saturated heterocycles. The van der Waals surface area contributed by atoms with Gasteiger partial charge in [-0.15, -0.1) is 0 Å². The lowest BCUT2D eigenvalue weighted by Gasteiger charge is -2.33. The summed E-state index contributed by atoms with van der Waals surface area (Å²) in [6, 6.07) is 10.2. The van der Waals surface area contributed by atoms with Crippen molar-refractivity contribution in [1.29, 1.82) is 5.26 Å². The second kappa shape index (κ2) is 13.0. The standard InChI is InChI=1S/C25H29Cl2N5O5S/c26-19-14-20(27)16-22(15-19)37-23-2-1-18(17-28)13-24(23)38(34,35)32-6-3-21(4-7-32)30-25(33)29-5-8-31-9-11-36-12-10-31/h1-2,13-16,21H,3-12H2,(H2,29,30,33)/p-1. The first-order chi connectivity index (χ1) is 18.2. The van der Waals surface area contributed by atoms with Gasteiger partial charge < -0.3 is 19.9 Å². The maximum atomic E-state index is 13.6. The molecule has 0 unspecified atom stereocenters. The smallest absolute Gasteiger partial charge is 0.246 e. The van der Waals surface area contributed by atoms with Crippen molar-refractivity contribution in [3.8, 4) is 17.6 Å². The van der Waals surface area contributed by atoms with E-state index in [1.807, 2.05) is 6.07 Å². The van der Waals surface area contributed by atoms with Gasteiger partial charge in [-0.25, -0.2) is 8.42 Å². The summed E-state index contributed by atoms with van der Waals surface area (Å²) in [5.74, 6) is 0.319. The number of nitriles is 1. The summed E-state index contributed by atoms with van der Waals surface area (Å²) in [5, 5.41) is 25.2. The van der Waals surface area contributed by atoms with Crippen molar-refractivity contribution >= 4 is 39.2 Å². The summed E-state index contributed by atoms with van der Waals surface area (Å²) in [7, 11) is -4.00. The van der Waals surface area contributed by atoms with Gasteiger partial charge in [0.25, 0.3) is 0 Å². The van der Waals surface area contributed by atoms with E-state index in [2.05, 4.69) is 15.2 Å². The number of morpholine rings is 1. The van der Waals surface area contributed by atoms with Gasteiger partial charge in [-0.05, 0) is 49.2 Å². The van der Waals surface area contributed by atoms with E-state index in [1.54, 1.807) is 0 Å². The highest BCUT2D eigenvalue weighted by Crippen LogP contribution is 2.35. The molecule has 13 heteroatoms. The summed E-state index contributed by atoms with van der Waals surface area (Å²) in [6.45, 7) is 4.53. The first-order valence-electron chi connectivity index (χ1n) is 12.2. The van der Waals surface area contributed by atoms with Gasteiger partial charge in [0, 0.05) is 54.8 Å². The van der Waals surface area contributed by atoms with Crippen LogP contribution >= 0.6 is 23.2 Å².